The number of piperidine rings is 1. The van der Waals surface area contributed by atoms with Crippen molar-refractivity contribution in [3.05, 3.63) is 0 Å². The molecule has 1 heterocycles. The van der Waals surface area contributed by atoms with Gasteiger partial charge >= 0.3 is 0 Å². The molecular formula is C12H23NO. The quantitative estimate of drug-likeness (QED) is 0.620. The van der Waals surface area contributed by atoms with Crippen molar-refractivity contribution in [2.24, 2.45) is 16.7 Å². The van der Waals surface area contributed by atoms with E-state index in [1.54, 1.807) is 0 Å². The fourth-order valence-corrected chi connectivity index (χ4v) is 3.84. The van der Waals surface area contributed by atoms with Crippen molar-refractivity contribution in [1.82, 2.24) is 5.32 Å². The molecule has 0 aromatic rings. The first-order valence-electron chi connectivity index (χ1n) is 5.84. The van der Waals surface area contributed by atoms with Crippen LogP contribution in [0.4, 0.5) is 0 Å². The minimum absolute atomic E-state index is 0.0481. The predicted octanol–water partition coefficient (Wildman–Crippen LogP) is 1.78. The van der Waals surface area contributed by atoms with E-state index in [4.69, 9.17) is 0 Å². The van der Waals surface area contributed by atoms with Crippen molar-refractivity contribution in [3.63, 3.8) is 0 Å². The van der Waals surface area contributed by atoms with E-state index in [9.17, 15) is 5.11 Å². The van der Waals surface area contributed by atoms with Gasteiger partial charge in [0.2, 0.25) is 0 Å². The molecule has 1 saturated carbocycles. The average Bonchev–Trinajstić information content (AvgIpc) is 2.01. The van der Waals surface area contributed by atoms with E-state index >= 15 is 0 Å². The highest BCUT2D eigenvalue weighted by atomic mass is 16.3. The zero-order valence-corrected chi connectivity index (χ0v) is 9.64. The molecule has 2 fully saturated rings. The largest absolute Gasteiger partial charge is 0.393 e. The van der Waals surface area contributed by atoms with Crippen LogP contribution in [0.3, 0.4) is 0 Å². The summed E-state index contributed by atoms with van der Waals surface area (Å²) in [4.78, 5) is 0. The smallest absolute Gasteiger partial charge is 0.0584 e. The molecule has 0 aromatic heterocycles. The molecule has 2 unspecified atom stereocenters. The summed E-state index contributed by atoms with van der Waals surface area (Å²) in [5.41, 5.74) is 0.720. The Morgan fingerprint density at radius 1 is 1.21 bits per heavy atom. The lowest BCUT2D eigenvalue weighted by Crippen LogP contribution is -2.60. The second kappa shape index (κ2) is 3.21. The Labute approximate surface area is 87.1 Å². The number of hydrogen-bond donors (Lipinski definition) is 2. The highest BCUT2D eigenvalue weighted by Crippen LogP contribution is 2.59. The molecule has 0 bridgehead atoms. The summed E-state index contributed by atoms with van der Waals surface area (Å²) >= 11 is 0. The van der Waals surface area contributed by atoms with Gasteiger partial charge in [-0.25, -0.2) is 0 Å². The highest BCUT2D eigenvalue weighted by Gasteiger charge is 2.57. The summed E-state index contributed by atoms with van der Waals surface area (Å²) in [7, 11) is 0. The summed E-state index contributed by atoms with van der Waals surface area (Å²) in [5, 5.41) is 13.4. The highest BCUT2D eigenvalue weighted by molar-refractivity contribution is 5.07. The summed E-state index contributed by atoms with van der Waals surface area (Å²) in [6, 6.07) is 0. The minimum atomic E-state index is -0.0481. The topological polar surface area (TPSA) is 32.3 Å². The van der Waals surface area contributed by atoms with Gasteiger partial charge in [0.05, 0.1) is 6.10 Å². The van der Waals surface area contributed by atoms with Crippen LogP contribution in [0, 0.1) is 16.7 Å². The molecule has 2 aliphatic rings. The molecule has 1 spiro atoms. The molecule has 0 amide bonds. The number of aliphatic hydroxyl groups excluding tert-OH is 1. The number of rotatable bonds is 0. The second-order valence-corrected chi connectivity index (χ2v) is 6.23. The molecule has 0 radical (unpaired) electrons. The normalized spacial score (nSPS) is 36.9. The van der Waals surface area contributed by atoms with E-state index in [0.717, 1.165) is 19.5 Å². The van der Waals surface area contributed by atoms with E-state index in [2.05, 4.69) is 26.1 Å². The predicted molar refractivity (Wildman–Crippen MR) is 58.1 cm³/mol. The molecule has 1 aliphatic heterocycles. The first kappa shape index (κ1) is 10.4. The van der Waals surface area contributed by atoms with E-state index in [1.165, 1.54) is 12.8 Å². The Morgan fingerprint density at radius 2 is 1.79 bits per heavy atom. The van der Waals surface area contributed by atoms with Crippen LogP contribution in [0.5, 0.6) is 0 Å². The van der Waals surface area contributed by atoms with E-state index in [1.807, 2.05) is 0 Å². The van der Waals surface area contributed by atoms with Gasteiger partial charge in [-0.3, -0.25) is 0 Å². The average molecular weight is 197 g/mol. The van der Waals surface area contributed by atoms with Gasteiger partial charge in [0.15, 0.2) is 0 Å². The van der Waals surface area contributed by atoms with E-state index in [0.29, 0.717) is 11.3 Å². The first-order chi connectivity index (χ1) is 6.46. The number of hydrogen-bond acceptors (Lipinski definition) is 2. The third-order valence-electron chi connectivity index (χ3n) is 4.19. The molecule has 2 atom stereocenters. The molecule has 82 valence electrons. The standard InChI is InChI=1S/C12H23NO/c1-11(2,3)10-9(14)8-12(10)4-6-13-7-5-12/h9-10,13-14H,4-8H2,1-3H3. The van der Waals surface area contributed by atoms with Crippen molar-refractivity contribution < 1.29 is 5.11 Å². The molecular weight excluding hydrogens is 174 g/mol. The number of nitrogens with one attached hydrogen (secondary N) is 1. The zero-order valence-electron chi connectivity index (χ0n) is 9.64. The van der Waals surface area contributed by atoms with Gasteiger partial charge in [-0.1, -0.05) is 20.8 Å². The van der Waals surface area contributed by atoms with Crippen LogP contribution in [0.1, 0.15) is 40.0 Å². The molecule has 14 heavy (non-hydrogen) atoms. The minimum Gasteiger partial charge on any atom is -0.393 e. The van der Waals surface area contributed by atoms with Crippen LogP contribution >= 0.6 is 0 Å². The van der Waals surface area contributed by atoms with Gasteiger partial charge in [0, 0.05) is 0 Å². The van der Waals surface area contributed by atoms with Crippen molar-refractivity contribution in [3.8, 4) is 0 Å². The number of aliphatic hydroxyl groups is 1. The maximum Gasteiger partial charge on any atom is 0.0584 e. The van der Waals surface area contributed by atoms with Gasteiger partial charge in [-0.15, -0.1) is 0 Å². The van der Waals surface area contributed by atoms with Crippen LogP contribution in [0.25, 0.3) is 0 Å². The maximum atomic E-state index is 9.94. The third kappa shape index (κ3) is 1.49. The Hall–Kier alpha value is -0.0800. The van der Waals surface area contributed by atoms with E-state index in [-0.39, 0.29) is 11.5 Å². The van der Waals surface area contributed by atoms with Crippen LogP contribution in [0.15, 0.2) is 0 Å². The molecule has 2 heteroatoms. The molecule has 1 aliphatic carbocycles. The zero-order chi connectivity index (χ0) is 10.4. The van der Waals surface area contributed by atoms with Crippen LogP contribution in [-0.4, -0.2) is 24.3 Å². The van der Waals surface area contributed by atoms with Gasteiger partial charge < -0.3 is 10.4 Å². The Morgan fingerprint density at radius 3 is 2.21 bits per heavy atom. The summed E-state index contributed by atoms with van der Waals surface area (Å²) in [6.07, 6.45) is 3.50. The van der Waals surface area contributed by atoms with Crippen LogP contribution < -0.4 is 5.32 Å². The maximum absolute atomic E-state index is 9.94. The lowest BCUT2D eigenvalue weighted by atomic mass is 9.47. The lowest BCUT2D eigenvalue weighted by molar-refractivity contribution is -0.168. The Kier molecular flexibility index (Phi) is 2.39. The molecule has 2 rings (SSSR count). The van der Waals surface area contributed by atoms with Crippen molar-refractivity contribution in [1.29, 1.82) is 0 Å². The second-order valence-electron chi connectivity index (χ2n) is 6.23. The first-order valence-corrected chi connectivity index (χ1v) is 5.84. The van der Waals surface area contributed by atoms with Gasteiger partial charge in [0.25, 0.3) is 0 Å². The SMILES string of the molecule is CC(C)(C)C1C(O)CC12CCNCC2. The summed E-state index contributed by atoms with van der Waals surface area (Å²) < 4.78 is 0. The fourth-order valence-electron chi connectivity index (χ4n) is 3.84. The molecule has 0 aromatic carbocycles. The monoisotopic (exact) mass is 197 g/mol. The molecule has 2 nitrogen and oxygen atoms in total. The van der Waals surface area contributed by atoms with Gasteiger partial charge in [-0.2, -0.15) is 0 Å². The Bertz CT molecular complexity index is 207. The van der Waals surface area contributed by atoms with Crippen LogP contribution in [-0.2, 0) is 0 Å². The summed E-state index contributed by atoms with van der Waals surface area (Å²) in [6.45, 7) is 9.08. The lowest BCUT2D eigenvalue weighted by Gasteiger charge is -2.60. The Balaban J connectivity index is 2.13. The fraction of sp³-hybridized carbons (Fsp3) is 1.00. The van der Waals surface area contributed by atoms with Crippen LogP contribution in [0.2, 0.25) is 0 Å². The van der Waals surface area contributed by atoms with E-state index < -0.39 is 0 Å². The van der Waals surface area contributed by atoms with Crippen molar-refractivity contribution in [2.45, 2.75) is 46.1 Å². The van der Waals surface area contributed by atoms with Crippen molar-refractivity contribution in [2.75, 3.05) is 13.1 Å². The third-order valence-corrected chi connectivity index (χ3v) is 4.19. The van der Waals surface area contributed by atoms with Crippen molar-refractivity contribution >= 4 is 0 Å². The molecule has 1 saturated heterocycles. The van der Waals surface area contributed by atoms with Gasteiger partial charge in [-0.05, 0) is 49.1 Å². The summed E-state index contributed by atoms with van der Waals surface area (Å²) in [5.74, 6) is 0.511. The molecule has 2 N–H and O–H groups in total. The van der Waals surface area contributed by atoms with Gasteiger partial charge in [0.1, 0.15) is 0 Å².